The zero-order valence-corrected chi connectivity index (χ0v) is 11.1. The van der Waals surface area contributed by atoms with Crippen LogP contribution in [0, 0.1) is 0 Å². The van der Waals surface area contributed by atoms with Crippen molar-refractivity contribution in [3.63, 3.8) is 0 Å². The van der Waals surface area contributed by atoms with E-state index in [1.54, 1.807) is 7.11 Å². The molecule has 0 saturated heterocycles. The monoisotopic (exact) mass is 250 g/mol. The van der Waals surface area contributed by atoms with Crippen LogP contribution in [-0.2, 0) is 22.7 Å². The van der Waals surface area contributed by atoms with Crippen LogP contribution in [0.2, 0.25) is 0 Å². The maximum absolute atomic E-state index is 11.5. The molecule has 1 aromatic rings. The quantitative estimate of drug-likeness (QED) is 0.772. The minimum atomic E-state index is 0.0458. The molecule has 1 unspecified atom stereocenters. The van der Waals surface area contributed by atoms with Gasteiger partial charge in [-0.1, -0.05) is 24.3 Å². The van der Waals surface area contributed by atoms with Gasteiger partial charge in [-0.2, -0.15) is 0 Å². The number of nitrogens with one attached hydrogen (secondary N) is 1. The number of hydrogen-bond donors (Lipinski definition) is 2. The van der Waals surface area contributed by atoms with Crippen LogP contribution in [0.5, 0.6) is 0 Å². The average Bonchev–Trinajstić information content (AvgIpc) is 2.35. The molecule has 1 rings (SSSR count). The van der Waals surface area contributed by atoms with Crippen LogP contribution in [0.15, 0.2) is 24.3 Å². The summed E-state index contributed by atoms with van der Waals surface area (Å²) in [6, 6.07) is 8.07. The number of carbonyl (C=O) groups excluding carboxylic acids is 1. The van der Waals surface area contributed by atoms with Crippen molar-refractivity contribution in [1.29, 1.82) is 0 Å². The van der Waals surface area contributed by atoms with E-state index >= 15 is 0 Å². The highest BCUT2D eigenvalue weighted by Crippen LogP contribution is 2.06. The van der Waals surface area contributed by atoms with Gasteiger partial charge in [0.05, 0.1) is 6.61 Å². The first kappa shape index (κ1) is 14.7. The van der Waals surface area contributed by atoms with Crippen molar-refractivity contribution in [2.45, 2.75) is 39.0 Å². The molecule has 0 aliphatic heterocycles. The molecule has 18 heavy (non-hydrogen) atoms. The molecule has 1 aromatic carbocycles. The Bertz CT molecular complexity index is 378. The third-order valence-electron chi connectivity index (χ3n) is 2.62. The molecule has 100 valence electrons. The molecule has 4 nitrogen and oxygen atoms in total. The van der Waals surface area contributed by atoms with E-state index in [2.05, 4.69) is 5.32 Å². The van der Waals surface area contributed by atoms with E-state index in [0.29, 0.717) is 19.6 Å². The minimum absolute atomic E-state index is 0.0458. The van der Waals surface area contributed by atoms with Gasteiger partial charge in [0, 0.05) is 26.1 Å². The normalized spacial score (nSPS) is 12.2. The lowest BCUT2D eigenvalue weighted by atomic mass is 10.1. The summed E-state index contributed by atoms with van der Waals surface area (Å²) in [6.07, 6.45) is 1.20. The molecular formula is C14H22N2O2. The first-order valence-corrected chi connectivity index (χ1v) is 6.21. The summed E-state index contributed by atoms with van der Waals surface area (Å²) in [5.41, 5.74) is 7.80. The highest BCUT2D eigenvalue weighted by atomic mass is 16.5. The Labute approximate surface area is 109 Å². The van der Waals surface area contributed by atoms with Crippen molar-refractivity contribution >= 4 is 5.91 Å². The molecule has 0 radical (unpaired) electrons. The summed E-state index contributed by atoms with van der Waals surface area (Å²) in [6.45, 7) is 3.04. The topological polar surface area (TPSA) is 64.3 Å². The van der Waals surface area contributed by atoms with Crippen LogP contribution in [0.1, 0.15) is 30.9 Å². The number of hydrogen-bond acceptors (Lipinski definition) is 3. The summed E-state index contributed by atoms with van der Waals surface area (Å²) in [7, 11) is 1.67. The number of benzene rings is 1. The lowest BCUT2D eigenvalue weighted by Gasteiger charge is -2.08. The van der Waals surface area contributed by atoms with Crippen LogP contribution in [0.4, 0.5) is 0 Å². The molecule has 0 heterocycles. The highest BCUT2D eigenvalue weighted by Gasteiger charge is 2.03. The van der Waals surface area contributed by atoms with Crippen LogP contribution < -0.4 is 11.1 Å². The van der Waals surface area contributed by atoms with Gasteiger partial charge < -0.3 is 15.8 Å². The number of methoxy groups -OCH3 is 1. The van der Waals surface area contributed by atoms with E-state index in [0.717, 1.165) is 17.5 Å². The third kappa shape index (κ3) is 5.80. The van der Waals surface area contributed by atoms with E-state index in [-0.39, 0.29) is 11.9 Å². The van der Waals surface area contributed by atoms with Crippen LogP contribution in [0.3, 0.4) is 0 Å². The summed E-state index contributed by atoms with van der Waals surface area (Å²) in [5, 5.41) is 2.89. The Kier molecular flexibility index (Phi) is 6.39. The van der Waals surface area contributed by atoms with E-state index in [1.165, 1.54) is 0 Å². The first-order chi connectivity index (χ1) is 8.61. The van der Waals surface area contributed by atoms with Gasteiger partial charge >= 0.3 is 0 Å². The Morgan fingerprint density at radius 3 is 2.83 bits per heavy atom. The number of nitrogens with two attached hydrogens (primary N) is 1. The molecule has 0 fully saturated rings. The fourth-order valence-electron chi connectivity index (χ4n) is 1.64. The average molecular weight is 250 g/mol. The van der Waals surface area contributed by atoms with Crippen LogP contribution >= 0.6 is 0 Å². The fraction of sp³-hybridized carbons (Fsp3) is 0.500. The van der Waals surface area contributed by atoms with E-state index < -0.39 is 0 Å². The smallest absolute Gasteiger partial charge is 0.220 e. The van der Waals surface area contributed by atoms with Crippen molar-refractivity contribution in [1.82, 2.24) is 5.32 Å². The largest absolute Gasteiger partial charge is 0.380 e. The lowest BCUT2D eigenvalue weighted by Crippen LogP contribution is -2.25. The van der Waals surface area contributed by atoms with Gasteiger partial charge in [0.1, 0.15) is 0 Å². The third-order valence-corrected chi connectivity index (χ3v) is 2.62. The second kappa shape index (κ2) is 7.84. The van der Waals surface area contributed by atoms with Crippen molar-refractivity contribution in [2.24, 2.45) is 5.73 Å². The second-order valence-corrected chi connectivity index (χ2v) is 4.55. The van der Waals surface area contributed by atoms with Crippen molar-refractivity contribution in [3.8, 4) is 0 Å². The van der Waals surface area contributed by atoms with E-state index in [1.807, 2.05) is 31.2 Å². The molecule has 0 aliphatic carbocycles. The highest BCUT2D eigenvalue weighted by molar-refractivity contribution is 5.75. The molecule has 0 saturated carbocycles. The second-order valence-electron chi connectivity index (χ2n) is 4.55. The van der Waals surface area contributed by atoms with Gasteiger partial charge in [-0.25, -0.2) is 0 Å². The summed E-state index contributed by atoms with van der Waals surface area (Å²) < 4.78 is 5.07. The maximum Gasteiger partial charge on any atom is 0.220 e. The van der Waals surface area contributed by atoms with Crippen LogP contribution in [0.25, 0.3) is 0 Å². The predicted octanol–water partition coefficient (Wildman–Crippen LogP) is 1.58. The Morgan fingerprint density at radius 2 is 2.17 bits per heavy atom. The summed E-state index contributed by atoms with van der Waals surface area (Å²) in [5.74, 6) is 0.0458. The van der Waals surface area contributed by atoms with Crippen molar-refractivity contribution in [3.05, 3.63) is 35.4 Å². The number of amides is 1. The minimum Gasteiger partial charge on any atom is -0.380 e. The molecule has 0 spiro atoms. The van der Waals surface area contributed by atoms with Crippen LogP contribution in [-0.4, -0.2) is 19.1 Å². The van der Waals surface area contributed by atoms with Gasteiger partial charge in [0.25, 0.3) is 0 Å². The molecule has 1 atom stereocenters. The SMILES string of the molecule is COCc1cccc(CNC(=O)CCC(C)N)c1. The predicted molar refractivity (Wildman–Crippen MR) is 71.9 cm³/mol. The standard InChI is InChI=1S/C14H22N2O2/c1-11(15)6-7-14(17)16-9-12-4-3-5-13(8-12)10-18-2/h3-5,8,11H,6-7,9-10,15H2,1-2H3,(H,16,17). The van der Waals surface area contributed by atoms with Crippen molar-refractivity contribution in [2.75, 3.05) is 7.11 Å². The molecular weight excluding hydrogens is 228 g/mol. The zero-order valence-electron chi connectivity index (χ0n) is 11.1. The Hall–Kier alpha value is -1.39. The summed E-state index contributed by atoms with van der Waals surface area (Å²) >= 11 is 0. The molecule has 3 N–H and O–H groups in total. The number of rotatable bonds is 7. The van der Waals surface area contributed by atoms with Gasteiger partial charge in [-0.15, -0.1) is 0 Å². The maximum atomic E-state index is 11.5. The Morgan fingerprint density at radius 1 is 1.44 bits per heavy atom. The Balaban J connectivity index is 2.38. The molecule has 4 heteroatoms. The molecule has 0 aliphatic rings. The zero-order chi connectivity index (χ0) is 13.4. The molecule has 0 aromatic heterocycles. The number of ether oxygens (including phenoxy) is 1. The lowest BCUT2D eigenvalue weighted by molar-refractivity contribution is -0.121. The fourth-order valence-corrected chi connectivity index (χ4v) is 1.64. The summed E-state index contributed by atoms with van der Waals surface area (Å²) in [4.78, 5) is 11.5. The van der Waals surface area contributed by atoms with Gasteiger partial charge in [-0.3, -0.25) is 4.79 Å². The van der Waals surface area contributed by atoms with Gasteiger partial charge in [0.2, 0.25) is 5.91 Å². The van der Waals surface area contributed by atoms with Gasteiger partial charge in [-0.05, 0) is 24.5 Å². The molecule has 1 amide bonds. The van der Waals surface area contributed by atoms with E-state index in [9.17, 15) is 4.79 Å². The number of carbonyl (C=O) groups is 1. The van der Waals surface area contributed by atoms with Gasteiger partial charge in [0.15, 0.2) is 0 Å². The molecule has 0 bridgehead atoms. The van der Waals surface area contributed by atoms with Crippen molar-refractivity contribution < 1.29 is 9.53 Å². The van der Waals surface area contributed by atoms with E-state index in [4.69, 9.17) is 10.5 Å². The first-order valence-electron chi connectivity index (χ1n) is 6.21.